The zero-order valence-electron chi connectivity index (χ0n) is 18.6. The van der Waals surface area contributed by atoms with Crippen LogP contribution in [0.2, 0.25) is 0 Å². The highest BCUT2D eigenvalue weighted by molar-refractivity contribution is 5.95. The number of aliphatic imine (C=N–C) groups is 1. The number of aromatic hydroxyl groups is 1. The largest absolute Gasteiger partial charge is 0.506 e. The molecule has 2 aromatic carbocycles. The molecule has 6 nitrogen and oxygen atoms in total. The summed E-state index contributed by atoms with van der Waals surface area (Å²) in [4.78, 5) is 9.90. The number of phenolic OH excluding ortho intramolecular Hbond substituents is 1. The van der Waals surface area contributed by atoms with E-state index in [9.17, 15) is 5.11 Å². The molecule has 166 valence electrons. The molecule has 2 fully saturated rings. The van der Waals surface area contributed by atoms with Crippen LogP contribution in [0.1, 0.15) is 32.6 Å². The summed E-state index contributed by atoms with van der Waals surface area (Å²) in [5, 5.41) is 13.7. The SMILES string of the molecule is COc1cccc(N2CCN(C(=NC3CCCCC3C)Nc3ccccc3O)CC2)c1. The Morgan fingerprint density at radius 1 is 1.03 bits per heavy atom. The van der Waals surface area contributed by atoms with E-state index in [1.165, 1.54) is 24.9 Å². The first-order valence-electron chi connectivity index (χ1n) is 11.4. The summed E-state index contributed by atoms with van der Waals surface area (Å²) in [6.45, 7) is 5.88. The molecule has 31 heavy (non-hydrogen) atoms. The quantitative estimate of drug-likeness (QED) is 0.429. The Bertz CT molecular complexity index is 893. The van der Waals surface area contributed by atoms with Crippen molar-refractivity contribution in [3.63, 3.8) is 0 Å². The topological polar surface area (TPSA) is 60.3 Å². The lowest BCUT2D eigenvalue weighted by molar-refractivity contribution is 0.323. The predicted octanol–water partition coefficient (Wildman–Crippen LogP) is 4.57. The van der Waals surface area contributed by atoms with Gasteiger partial charge in [-0.1, -0.05) is 38.0 Å². The number of hydrogen-bond donors (Lipinski definition) is 2. The number of piperazine rings is 1. The van der Waals surface area contributed by atoms with Crippen molar-refractivity contribution in [2.45, 2.75) is 38.6 Å². The molecule has 0 bridgehead atoms. The number of phenols is 1. The van der Waals surface area contributed by atoms with Crippen molar-refractivity contribution in [2.24, 2.45) is 10.9 Å². The van der Waals surface area contributed by atoms with Crippen LogP contribution in [0.25, 0.3) is 0 Å². The number of nitrogens with zero attached hydrogens (tertiary/aromatic N) is 3. The minimum absolute atomic E-state index is 0.252. The van der Waals surface area contributed by atoms with Gasteiger partial charge in [-0.3, -0.25) is 0 Å². The Morgan fingerprint density at radius 3 is 2.55 bits per heavy atom. The zero-order valence-corrected chi connectivity index (χ0v) is 18.6. The van der Waals surface area contributed by atoms with Crippen LogP contribution in [0.15, 0.2) is 53.5 Å². The molecule has 0 aromatic heterocycles. The molecule has 1 aliphatic heterocycles. The Morgan fingerprint density at radius 2 is 1.81 bits per heavy atom. The number of anilines is 2. The van der Waals surface area contributed by atoms with Crippen molar-refractivity contribution in [3.05, 3.63) is 48.5 Å². The maximum atomic E-state index is 10.3. The average molecular weight is 423 g/mol. The molecule has 2 aliphatic rings. The maximum Gasteiger partial charge on any atom is 0.198 e. The van der Waals surface area contributed by atoms with Crippen LogP contribution < -0.4 is 15.0 Å². The van der Waals surface area contributed by atoms with Crippen molar-refractivity contribution in [3.8, 4) is 11.5 Å². The summed E-state index contributed by atoms with van der Waals surface area (Å²) in [5.74, 6) is 2.61. The number of guanidine groups is 1. The fourth-order valence-electron chi connectivity index (χ4n) is 4.52. The van der Waals surface area contributed by atoms with Crippen LogP contribution in [0.4, 0.5) is 11.4 Å². The zero-order chi connectivity index (χ0) is 21.6. The van der Waals surface area contributed by atoms with Gasteiger partial charge in [0.25, 0.3) is 0 Å². The fraction of sp³-hybridized carbons (Fsp3) is 0.480. The highest BCUT2D eigenvalue weighted by atomic mass is 16.5. The van der Waals surface area contributed by atoms with E-state index in [2.05, 4.69) is 34.2 Å². The lowest BCUT2D eigenvalue weighted by Gasteiger charge is -2.38. The summed E-state index contributed by atoms with van der Waals surface area (Å²) in [6.07, 6.45) is 4.92. The molecule has 1 saturated carbocycles. The van der Waals surface area contributed by atoms with E-state index in [4.69, 9.17) is 9.73 Å². The molecule has 0 amide bonds. The van der Waals surface area contributed by atoms with Crippen molar-refractivity contribution in [1.29, 1.82) is 0 Å². The second kappa shape index (κ2) is 9.94. The summed E-state index contributed by atoms with van der Waals surface area (Å²) in [6, 6.07) is 16.0. The van der Waals surface area contributed by atoms with E-state index >= 15 is 0 Å². The maximum absolute atomic E-state index is 10.3. The Balaban J connectivity index is 1.51. The van der Waals surface area contributed by atoms with Gasteiger partial charge in [-0.25, -0.2) is 4.99 Å². The third-order valence-corrected chi connectivity index (χ3v) is 6.50. The summed E-state index contributed by atoms with van der Waals surface area (Å²) in [5.41, 5.74) is 1.90. The van der Waals surface area contributed by atoms with Crippen LogP contribution in [-0.2, 0) is 0 Å². The molecule has 2 atom stereocenters. The number of nitrogens with one attached hydrogen (secondary N) is 1. The predicted molar refractivity (Wildman–Crippen MR) is 127 cm³/mol. The molecule has 6 heteroatoms. The van der Waals surface area contributed by atoms with E-state index in [1.807, 2.05) is 30.3 Å². The second-order valence-corrected chi connectivity index (χ2v) is 8.60. The Labute approximate surface area is 185 Å². The van der Waals surface area contributed by atoms with Gasteiger partial charge >= 0.3 is 0 Å². The van der Waals surface area contributed by atoms with Gasteiger partial charge in [0, 0.05) is 37.9 Å². The molecule has 1 heterocycles. The fourth-order valence-corrected chi connectivity index (χ4v) is 4.52. The number of benzene rings is 2. The first-order chi connectivity index (χ1) is 15.1. The number of ether oxygens (including phenoxy) is 1. The van der Waals surface area contributed by atoms with Gasteiger partial charge in [0.2, 0.25) is 0 Å². The lowest BCUT2D eigenvalue weighted by Crippen LogP contribution is -2.51. The second-order valence-electron chi connectivity index (χ2n) is 8.60. The molecule has 0 radical (unpaired) electrons. The smallest absolute Gasteiger partial charge is 0.198 e. The Kier molecular flexibility index (Phi) is 6.85. The molecule has 2 unspecified atom stereocenters. The molecular formula is C25H34N4O2. The van der Waals surface area contributed by atoms with Crippen molar-refractivity contribution < 1.29 is 9.84 Å². The minimum Gasteiger partial charge on any atom is -0.506 e. The van der Waals surface area contributed by atoms with Gasteiger partial charge < -0.3 is 25.0 Å². The lowest BCUT2D eigenvalue weighted by atomic mass is 9.86. The molecule has 0 spiro atoms. The third kappa shape index (κ3) is 5.24. The van der Waals surface area contributed by atoms with Crippen LogP contribution in [0, 0.1) is 5.92 Å². The molecule has 1 saturated heterocycles. The van der Waals surface area contributed by atoms with Gasteiger partial charge in [0.05, 0.1) is 18.8 Å². The molecule has 2 aromatic rings. The van der Waals surface area contributed by atoms with Crippen LogP contribution in [0.3, 0.4) is 0 Å². The number of hydrogen-bond acceptors (Lipinski definition) is 4. The standard InChI is InChI=1S/C25H34N4O2/c1-19-8-3-4-11-22(19)26-25(27-23-12-5-6-13-24(23)30)29-16-14-28(15-17-29)20-9-7-10-21(18-20)31-2/h5-7,9-10,12-13,18-19,22,30H,3-4,8,11,14-17H2,1-2H3,(H,26,27). The van der Waals surface area contributed by atoms with Gasteiger partial charge in [-0.2, -0.15) is 0 Å². The van der Waals surface area contributed by atoms with Crippen molar-refractivity contribution in [2.75, 3.05) is 43.5 Å². The molecule has 4 rings (SSSR count). The van der Waals surface area contributed by atoms with Crippen molar-refractivity contribution in [1.82, 2.24) is 4.90 Å². The summed E-state index contributed by atoms with van der Waals surface area (Å²) >= 11 is 0. The summed E-state index contributed by atoms with van der Waals surface area (Å²) < 4.78 is 5.39. The average Bonchev–Trinajstić information content (AvgIpc) is 2.81. The van der Waals surface area contributed by atoms with Gasteiger partial charge in [0.15, 0.2) is 5.96 Å². The van der Waals surface area contributed by atoms with Crippen molar-refractivity contribution >= 4 is 17.3 Å². The first-order valence-corrected chi connectivity index (χ1v) is 11.4. The third-order valence-electron chi connectivity index (χ3n) is 6.50. The van der Waals surface area contributed by atoms with E-state index in [-0.39, 0.29) is 5.75 Å². The molecule has 1 aliphatic carbocycles. The molecule has 2 N–H and O–H groups in total. The van der Waals surface area contributed by atoms with Gasteiger partial charge in [0.1, 0.15) is 11.5 Å². The monoisotopic (exact) mass is 422 g/mol. The summed E-state index contributed by atoms with van der Waals surface area (Å²) in [7, 11) is 1.71. The van der Waals surface area contributed by atoms with Crippen LogP contribution >= 0.6 is 0 Å². The van der Waals surface area contributed by atoms with Gasteiger partial charge in [-0.15, -0.1) is 0 Å². The molecular weight excluding hydrogens is 388 g/mol. The van der Waals surface area contributed by atoms with E-state index < -0.39 is 0 Å². The highest BCUT2D eigenvalue weighted by Gasteiger charge is 2.25. The van der Waals surface area contributed by atoms with E-state index in [0.29, 0.717) is 17.6 Å². The first kappa shape index (κ1) is 21.3. The van der Waals surface area contributed by atoms with Gasteiger partial charge in [-0.05, 0) is 43.0 Å². The number of rotatable bonds is 4. The van der Waals surface area contributed by atoms with Crippen LogP contribution in [0.5, 0.6) is 11.5 Å². The highest BCUT2D eigenvalue weighted by Crippen LogP contribution is 2.28. The normalized spacial score (nSPS) is 22.3. The van der Waals surface area contributed by atoms with E-state index in [1.54, 1.807) is 13.2 Å². The van der Waals surface area contributed by atoms with Crippen LogP contribution in [-0.4, -0.2) is 55.3 Å². The number of methoxy groups -OCH3 is 1. The van der Waals surface area contributed by atoms with E-state index in [0.717, 1.165) is 44.3 Å². The number of para-hydroxylation sites is 2. The Hall–Kier alpha value is -2.89. The minimum atomic E-state index is 0.252.